The van der Waals surface area contributed by atoms with Crippen LogP contribution in [0.15, 0.2) is 24.3 Å². The van der Waals surface area contributed by atoms with Gasteiger partial charge in [0.2, 0.25) is 5.91 Å². The first-order valence-corrected chi connectivity index (χ1v) is 5.35. The second-order valence-corrected chi connectivity index (χ2v) is 4.24. The Morgan fingerprint density at radius 3 is 2.94 bits per heavy atom. The Hall–Kier alpha value is -1.55. The molecule has 0 saturated carbocycles. The number of carbonyl (C=O) groups excluding carboxylic acids is 1. The number of anilines is 1. The summed E-state index contributed by atoms with van der Waals surface area (Å²) in [6.45, 7) is 2.92. The van der Waals surface area contributed by atoms with Crippen LogP contribution in [-0.2, 0) is 9.53 Å². The number of aryl methyl sites for hydroxylation is 1. The number of rotatable bonds is 3. The lowest BCUT2D eigenvalue weighted by atomic mass is 9.97. The molecule has 1 unspecified atom stereocenters. The quantitative estimate of drug-likeness (QED) is 0.800. The number of nitrogens with two attached hydrogens (primary N) is 1. The van der Waals surface area contributed by atoms with Gasteiger partial charge in [0.05, 0.1) is 6.61 Å². The smallest absolute Gasteiger partial charge is 0.245 e. The third-order valence-corrected chi connectivity index (χ3v) is 2.89. The minimum Gasteiger partial charge on any atom is -0.378 e. The van der Waals surface area contributed by atoms with Crippen LogP contribution in [0.4, 0.5) is 5.69 Å². The summed E-state index contributed by atoms with van der Waals surface area (Å²) >= 11 is 0. The van der Waals surface area contributed by atoms with Crippen molar-refractivity contribution in [3.8, 4) is 0 Å². The molecule has 0 radical (unpaired) electrons. The van der Waals surface area contributed by atoms with Crippen molar-refractivity contribution >= 4 is 11.6 Å². The van der Waals surface area contributed by atoms with E-state index in [1.807, 2.05) is 31.2 Å². The van der Waals surface area contributed by atoms with Gasteiger partial charge in [0.1, 0.15) is 5.54 Å². The number of amides is 1. The van der Waals surface area contributed by atoms with Crippen molar-refractivity contribution in [2.75, 3.05) is 18.5 Å². The summed E-state index contributed by atoms with van der Waals surface area (Å²) in [7, 11) is 0. The second-order valence-electron chi connectivity index (χ2n) is 4.24. The number of hydrogen-bond donors (Lipinski definition) is 2. The third-order valence-electron chi connectivity index (χ3n) is 2.89. The minimum atomic E-state index is -0.742. The highest BCUT2D eigenvalue weighted by Crippen LogP contribution is 2.24. The standard InChI is InChI=1S/C12H16N2O2/c1-9-3-2-4-10(7-9)14-12(11(13)15)5-6-16-8-12/h2-4,7,14H,5-6,8H2,1H3,(H2,13,15). The van der Waals surface area contributed by atoms with E-state index in [0.29, 0.717) is 19.6 Å². The van der Waals surface area contributed by atoms with E-state index in [-0.39, 0.29) is 5.91 Å². The fraction of sp³-hybridized carbons (Fsp3) is 0.417. The Labute approximate surface area is 94.8 Å². The first-order chi connectivity index (χ1) is 7.62. The molecule has 1 aliphatic rings. The second kappa shape index (κ2) is 4.14. The predicted molar refractivity (Wildman–Crippen MR) is 62.2 cm³/mol. The number of carbonyl (C=O) groups is 1. The lowest BCUT2D eigenvalue weighted by Crippen LogP contribution is -2.51. The zero-order valence-electron chi connectivity index (χ0n) is 9.32. The van der Waals surface area contributed by atoms with Gasteiger partial charge in [0, 0.05) is 18.7 Å². The molecule has 86 valence electrons. The van der Waals surface area contributed by atoms with E-state index >= 15 is 0 Å². The zero-order chi connectivity index (χ0) is 11.6. The Kier molecular flexibility index (Phi) is 2.83. The summed E-state index contributed by atoms with van der Waals surface area (Å²) in [5, 5.41) is 3.20. The van der Waals surface area contributed by atoms with Gasteiger partial charge in [-0.2, -0.15) is 0 Å². The molecule has 0 aromatic heterocycles. The number of hydrogen-bond acceptors (Lipinski definition) is 3. The van der Waals surface area contributed by atoms with Gasteiger partial charge >= 0.3 is 0 Å². The molecule has 1 amide bonds. The molecule has 2 rings (SSSR count). The lowest BCUT2D eigenvalue weighted by molar-refractivity contribution is -0.122. The largest absolute Gasteiger partial charge is 0.378 e. The van der Waals surface area contributed by atoms with Crippen LogP contribution in [-0.4, -0.2) is 24.7 Å². The number of benzene rings is 1. The molecule has 1 aromatic carbocycles. The van der Waals surface area contributed by atoms with Gasteiger partial charge in [0.15, 0.2) is 0 Å². The summed E-state index contributed by atoms with van der Waals surface area (Å²) in [5.74, 6) is -0.355. The first-order valence-electron chi connectivity index (χ1n) is 5.35. The van der Waals surface area contributed by atoms with E-state index in [2.05, 4.69) is 5.32 Å². The summed E-state index contributed by atoms with van der Waals surface area (Å²) in [6.07, 6.45) is 0.621. The molecular weight excluding hydrogens is 204 g/mol. The topological polar surface area (TPSA) is 64.3 Å². The van der Waals surface area contributed by atoms with Crippen LogP contribution in [0.25, 0.3) is 0 Å². The molecule has 16 heavy (non-hydrogen) atoms. The van der Waals surface area contributed by atoms with Crippen LogP contribution >= 0.6 is 0 Å². The van der Waals surface area contributed by atoms with Crippen molar-refractivity contribution in [1.29, 1.82) is 0 Å². The molecule has 0 spiro atoms. The van der Waals surface area contributed by atoms with Crippen molar-refractivity contribution in [3.05, 3.63) is 29.8 Å². The lowest BCUT2D eigenvalue weighted by Gasteiger charge is -2.26. The molecule has 1 atom stereocenters. The number of ether oxygens (including phenoxy) is 1. The van der Waals surface area contributed by atoms with Gasteiger partial charge in [-0.1, -0.05) is 12.1 Å². The Morgan fingerprint density at radius 2 is 2.38 bits per heavy atom. The zero-order valence-corrected chi connectivity index (χ0v) is 9.32. The Balaban J connectivity index is 2.21. The maximum Gasteiger partial charge on any atom is 0.245 e. The van der Waals surface area contributed by atoms with Gasteiger partial charge < -0.3 is 15.8 Å². The molecule has 0 bridgehead atoms. The molecule has 3 N–H and O–H groups in total. The molecule has 1 saturated heterocycles. The van der Waals surface area contributed by atoms with Gasteiger partial charge in [-0.05, 0) is 24.6 Å². The molecule has 1 fully saturated rings. The van der Waals surface area contributed by atoms with E-state index in [1.165, 1.54) is 0 Å². The number of nitrogens with one attached hydrogen (secondary N) is 1. The van der Waals surface area contributed by atoms with Gasteiger partial charge in [-0.15, -0.1) is 0 Å². The highest BCUT2D eigenvalue weighted by molar-refractivity contribution is 5.88. The normalized spacial score (nSPS) is 24.3. The van der Waals surface area contributed by atoms with E-state index in [1.54, 1.807) is 0 Å². The van der Waals surface area contributed by atoms with Crippen molar-refractivity contribution < 1.29 is 9.53 Å². The third kappa shape index (κ3) is 2.02. The van der Waals surface area contributed by atoms with Gasteiger partial charge in [-0.25, -0.2) is 0 Å². The maximum atomic E-state index is 11.5. The van der Waals surface area contributed by atoms with Crippen LogP contribution in [0.1, 0.15) is 12.0 Å². The van der Waals surface area contributed by atoms with E-state index in [0.717, 1.165) is 11.3 Å². The molecule has 1 aromatic rings. The van der Waals surface area contributed by atoms with Crippen LogP contribution in [0.3, 0.4) is 0 Å². The monoisotopic (exact) mass is 220 g/mol. The molecule has 1 heterocycles. The maximum absolute atomic E-state index is 11.5. The molecule has 4 heteroatoms. The van der Waals surface area contributed by atoms with Crippen molar-refractivity contribution in [1.82, 2.24) is 0 Å². The summed E-state index contributed by atoms with van der Waals surface area (Å²) in [5.41, 5.74) is 6.74. The van der Waals surface area contributed by atoms with E-state index < -0.39 is 5.54 Å². The Bertz CT molecular complexity index is 398. The average Bonchev–Trinajstić information content (AvgIpc) is 2.67. The predicted octanol–water partition coefficient (Wildman–Crippen LogP) is 1.05. The van der Waals surface area contributed by atoms with Gasteiger partial charge in [0.25, 0.3) is 0 Å². The minimum absolute atomic E-state index is 0.344. The highest BCUT2D eigenvalue weighted by Gasteiger charge is 2.40. The fourth-order valence-electron chi connectivity index (χ4n) is 1.92. The average molecular weight is 220 g/mol. The summed E-state index contributed by atoms with van der Waals surface area (Å²) in [4.78, 5) is 11.5. The van der Waals surface area contributed by atoms with E-state index in [4.69, 9.17) is 10.5 Å². The van der Waals surface area contributed by atoms with Crippen LogP contribution < -0.4 is 11.1 Å². The van der Waals surface area contributed by atoms with Crippen molar-refractivity contribution in [2.45, 2.75) is 18.9 Å². The first kappa shape index (κ1) is 11.0. The molecule has 4 nitrogen and oxygen atoms in total. The number of primary amides is 1. The fourth-order valence-corrected chi connectivity index (χ4v) is 1.92. The van der Waals surface area contributed by atoms with Crippen molar-refractivity contribution in [2.24, 2.45) is 5.73 Å². The molecule has 1 aliphatic heterocycles. The van der Waals surface area contributed by atoms with Crippen LogP contribution in [0.2, 0.25) is 0 Å². The molecule has 0 aliphatic carbocycles. The van der Waals surface area contributed by atoms with Gasteiger partial charge in [-0.3, -0.25) is 4.79 Å². The van der Waals surface area contributed by atoms with Crippen molar-refractivity contribution in [3.63, 3.8) is 0 Å². The highest BCUT2D eigenvalue weighted by atomic mass is 16.5. The van der Waals surface area contributed by atoms with E-state index in [9.17, 15) is 4.79 Å². The summed E-state index contributed by atoms with van der Waals surface area (Å²) in [6, 6.07) is 7.87. The molecular formula is C12H16N2O2. The van der Waals surface area contributed by atoms with Crippen LogP contribution in [0.5, 0.6) is 0 Å². The summed E-state index contributed by atoms with van der Waals surface area (Å²) < 4.78 is 5.26. The van der Waals surface area contributed by atoms with Crippen LogP contribution in [0, 0.1) is 6.92 Å². The Morgan fingerprint density at radius 1 is 1.56 bits per heavy atom. The SMILES string of the molecule is Cc1cccc(NC2(C(N)=O)CCOC2)c1.